The standard InChI is InChI=1S/C17H19N3O/c18-11-13-1-3-15(4-2-13)17(21)20(16-5-6-16)12-14-7-9-19-10-8-14/h1-4,7-10,16H,5-6,11-12,18H2. The molecule has 21 heavy (non-hydrogen) atoms. The molecule has 1 heterocycles. The van der Waals surface area contributed by atoms with E-state index in [0.717, 1.165) is 29.5 Å². The second-order valence-corrected chi connectivity index (χ2v) is 5.42. The van der Waals surface area contributed by atoms with Crippen molar-refractivity contribution in [1.29, 1.82) is 0 Å². The lowest BCUT2D eigenvalue weighted by atomic mass is 10.1. The highest BCUT2D eigenvalue weighted by molar-refractivity contribution is 5.94. The van der Waals surface area contributed by atoms with Crippen molar-refractivity contribution in [2.24, 2.45) is 5.73 Å². The number of carbonyl (C=O) groups excluding carboxylic acids is 1. The molecule has 0 saturated heterocycles. The van der Waals surface area contributed by atoms with Crippen molar-refractivity contribution in [3.63, 3.8) is 0 Å². The topological polar surface area (TPSA) is 59.2 Å². The number of amides is 1. The zero-order valence-corrected chi connectivity index (χ0v) is 11.9. The van der Waals surface area contributed by atoms with Crippen molar-refractivity contribution in [1.82, 2.24) is 9.88 Å². The summed E-state index contributed by atoms with van der Waals surface area (Å²) in [6.45, 7) is 1.14. The summed E-state index contributed by atoms with van der Waals surface area (Å²) in [5.74, 6) is 0.0953. The molecule has 2 aromatic rings. The number of nitrogens with two attached hydrogens (primary N) is 1. The molecule has 4 nitrogen and oxygen atoms in total. The lowest BCUT2D eigenvalue weighted by Crippen LogP contribution is -2.32. The van der Waals surface area contributed by atoms with Crippen molar-refractivity contribution in [2.75, 3.05) is 0 Å². The summed E-state index contributed by atoms with van der Waals surface area (Å²) in [7, 11) is 0. The highest BCUT2D eigenvalue weighted by atomic mass is 16.2. The summed E-state index contributed by atoms with van der Waals surface area (Å²) >= 11 is 0. The van der Waals surface area contributed by atoms with Gasteiger partial charge in [-0.05, 0) is 48.2 Å². The van der Waals surface area contributed by atoms with Crippen LogP contribution in [0.2, 0.25) is 0 Å². The van der Waals surface area contributed by atoms with Crippen LogP contribution in [0.25, 0.3) is 0 Å². The van der Waals surface area contributed by atoms with Crippen LogP contribution in [-0.4, -0.2) is 21.8 Å². The van der Waals surface area contributed by atoms with Crippen LogP contribution >= 0.6 is 0 Å². The minimum atomic E-state index is 0.0953. The molecule has 1 aliphatic carbocycles. The summed E-state index contributed by atoms with van der Waals surface area (Å²) in [6, 6.07) is 11.9. The molecule has 0 radical (unpaired) electrons. The van der Waals surface area contributed by atoms with E-state index in [1.54, 1.807) is 12.4 Å². The third kappa shape index (κ3) is 3.28. The number of carbonyl (C=O) groups is 1. The average Bonchev–Trinajstić information content (AvgIpc) is 3.38. The van der Waals surface area contributed by atoms with E-state index in [2.05, 4.69) is 4.98 Å². The van der Waals surface area contributed by atoms with E-state index < -0.39 is 0 Å². The normalized spacial score (nSPS) is 14.0. The van der Waals surface area contributed by atoms with Gasteiger partial charge in [0.2, 0.25) is 0 Å². The first kappa shape index (κ1) is 13.8. The maximum Gasteiger partial charge on any atom is 0.254 e. The highest BCUT2D eigenvalue weighted by Crippen LogP contribution is 2.29. The number of aromatic nitrogens is 1. The SMILES string of the molecule is NCc1ccc(C(=O)N(Cc2ccncc2)C2CC2)cc1. The number of rotatable bonds is 5. The van der Waals surface area contributed by atoms with Crippen LogP contribution in [0.4, 0.5) is 0 Å². The molecule has 1 aromatic carbocycles. The molecule has 0 atom stereocenters. The maximum absolute atomic E-state index is 12.7. The molecule has 108 valence electrons. The van der Waals surface area contributed by atoms with Gasteiger partial charge in [0, 0.05) is 37.1 Å². The van der Waals surface area contributed by atoms with Crippen LogP contribution in [0.15, 0.2) is 48.8 Å². The molecule has 1 aliphatic rings. The first-order valence-electron chi connectivity index (χ1n) is 7.27. The Morgan fingerprint density at radius 2 is 1.76 bits per heavy atom. The Labute approximate surface area is 124 Å². The third-order valence-electron chi connectivity index (χ3n) is 3.79. The van der Waals surface area contributed by atoms with Crippen molar-refractivity contribution < 1.29 is 4.79 Å². The lowest BCUT2D eigenvalue weighted by molar-refractivity contribution is 0.0730. The second-order valence-electron chi connectivity index (χ2n) is 5.42. The highest BCUT2D eigenvalue weighted by Gasteiger charge is 2.32. The lowest BCUT2D eigenvalue weighted by Gasteiger charge is -2.22. The van der Waals surface area contributed by atoms with E-state index >= 15 is 0 Å². The van der Waals surface area contributed by atoms with E-state index in [1.807, 2.05) is 41.3 Å². The molecule has 3 rings (SSSR count). The average molecular weight is 281 g/mol. The van der Waals surface area contributed by atoms with Crippen molar-refractivity contribution in [2.45, 2.75) is 32.0 Å². The fourth-order valence-corrected chi connectivity index (χ4v) is 2.39. The predicted octanol–water partition coefficient (Wildman–Crippen LogP) is 2.35. The number of nitrogens with zero attached hydrogens (tertiary/aromatic N) is 2. The Bertz CT molecular complexity index is 606. The monoisotopic (exact) mass is 281 g/mol. The van der Waals surface area contributed by atoms with Crippen molar-refractivity contribution in [3.05, 3.63) is 65.5 Å². The van der Waals surface area contributed by atoms with Gasteiger partial charge < -0.3 is 10.6 Å². The van der Waals surface area contributed by atoms with Gasteiger partial charge in [0.05, 0.1) is 0 Å². The molecular weight excluding hydrogens is 262 g/mol. The Balaban J connectivity index is 1.78. The van der Waals surface area contributed by atoms with Crippen LogP contribution in [0.5, 0.6) is 0 Å². The zero-order chi connectivity index (χ0) is 14.7. The first-order valence-corrected chi connectivity index (χ1v) is 7.27. The summed E-state index contributed by atoms with van der Waals surface area (Å²) in [5.41, 5.74) is 8.48. The summed E-state index contributed by atoms with van der Waals surface area (Å²) in [4.78, 5) is 18.7. The van der Waals surface area contributed by atoms with Gasteiger partial charge in [-0.15, -0.1) is 0 Å². The quantitative estimate of drug-likeness (QED) is 0.915. The van der Waals surface area contributed by atoms with Crippen molar-refractivity contribution in [3.8, 4) is 0 Å². The summed E-state index contributed by atoms with van der Waals surface area (Å²) < 4.78 is 0. The maximum atomic E-state index is 12.7. The third-order valence-corrected chi connectivity index (χ3v) is 3.79. The minimum Gasteiger partial charge on any atom is -0.331 e. The summed E-state index contributed by atoms with van der Waals surface area (Å²) in [6.07, 6.45) is 5.72. The molecule has 4 heteroatoms. The van der Waals surface area contributed by atoms with Crippen LogP contribution in [0.3, 0.4) is 0 Å². The molecule has 2 N–H and O–H groups in total. The van der Waals surface area contributed by atoms with Gasteiger partial charge >= 0.3 is 0 Å². The summed E-state index contributed by atoms with van der Waals surface area (Å²) in [5, 5.41) is 0. The number of pyridine rings is 1. The smallest absolute Gasteiger partial charge is 0.254 e. The molecule has 1 aromatic heterocycles. The predicted molar refractivity (Wildman–Crippen MR) is 81.5 cm³/mol. The van der Waals surface area contributed by atoms with Gasteiger partial charge in [0.1, 0.15) is 0 Å². The fraction of sp³-hybridized carbons (Fsp3) is 0.294. The van der Waals surface area contributed by atoms with Crippen LogP contribution in [-0.2, 0) is 13.1 Å². The number of hydrogen-bond acceptors (Lipinski definition) is 3. The van der Waals surface area contributed by atoms with Crippen LogP contribution in [0, 0.1) is 0 Å². The zero-order valence-electron chi connectivity index (χ0n) is 11.9. The van der Waals surface area contributed by atoms with Gasteiger partial charge in [0.15, 0.2) is 0 Å². The van der Waals surface area contributed by atoms with Gasteiger partial charge in [-0.25, -0.2) is 0 Å². The van der Waals surface area contributed by atoms with E-state index in [9.17, 15) is 4.79 Å². The Morgan fingerprint density at radius 1 is 1.10 bits per heavy atom. The molecule has 0 spiro atoms. The van der Waals surface area contributed by atoms with E-state index in [-0.39, 0.29) is 5.91 Å². The number of benzene rings is 1. The first-order chi connectivity index (χ1) is 10.3. The minimum absolute atomic E-state index is 0.0953. The van der Waals surface area contributed by atoms with E-state index in [0.29, 0.717) is 19.1 Å². The molecule has 1 saturated carbocycles. The van der Waals surface area contributed by atoms with Crippen LogP contribution in [0.1, 0.15) is 34.3 Å². The molecular formula is C17H19N3O. The molecule has 0 bridgehead atoms. The fourth-order valence-electron chi connectivity index (χ4n) is 2.39. The second kappa shape index (κ2) is 6.06. The number of hydrogen-bond donors (Lipinski definition) is 1. The van der Waals surface area contributed by atoms with Crippen LogP contribution < -0.4 is 5.73 Å². The van der Waals surface area contributed by atoms with Gasteiger partial charge in [-0.3, -0.25) is 9.78 Å². The van der Waals surface area contributed by atoms with E-state index in [1.165, 1.54) is 0 Å². The largest absolute Gasteiger partial charge is 0.331 e. The van der Waals surface area contributed by atoms with Crippen molar-refractivity contribution >= 4 is 5.91 Å². The molecule has 0 unspecified atom stereocenters. The Hall–Kier alpha value is -2.20. The Morgan fingerprint density at radius 3 is 2.33 bits per heavy atom. The Kier molecular flexibility index (Phi) is 3.97. The van der Waals surface area contributed by atoms with E-state index in [4.69, 9.17) is 5.73 Å². The van der Waals surface area contributed by atoms with Gasteiger partial charge in [-0.1, -0.05) is 12.1 Å². The van der Waals surface area contributed by atoms with Gasteiger partial charge in [-0.2, -0.15) is 0 Å². The molecule has 1 fully saturated rings. The molecule has 1 amide bonds. The van der Waals surface area contributed by atoms with Gasteiger partial charge in [0.25, 0.3) is 5.91 Å². The molecule has 0 aliphatic heterocycles.